The first-order valence-electron chi connectivity index (χ1n) is 6.68. The molecule has 0 heterocycles. The third kappa shape index (κ3) is 3.39. The second-order valence-electron chi connectivity index (χ2n) is 5.57. The number of carbonyl (C=O) groups is 2. The van der Waals surface area contributed by atoms with Crippen molar-refractivity contribution in [2.75, 3.05) is 0 Å². The molecule has 108 valence electrons. The lowest BCUT2D eigenvalue weighted by molar-refractivity contribution is -0.143. The van der Waals surface area contributed by atoms with Crippen molar-refractivity contribution in [1.82, 2.24) is 5.32 Å². The topological polar surface area (TPSA) is 66.4 Å². The summed E-state index contributed by atoms with van der Waals surface area (Å²) in [6.07, 6.45) is 0.784. The highest BCUT2D eigenvalue weighted by molar-refractivity contribution is 9.10. The lowest BCUT2D eigenvalue weighted by Gasteiger charge is -2.17. The van der Waals surface area contributed by atoms with E-state index in [1.54, 1.807) is 13.8 Å². The maximum atomic E-state index is 12.1. The van der Waals surface area contributed by atoms with E-state index in [2.05, 4.69) is 21.2 Å². The van der Waals surface area contributed by atoms with Crippen LogP contribution < -0.4 is 5.32 Å². The molecule has 1 aliphatic carbocycles. The molecule has 1 aliphatic rings. The highest BCUT2D eigenvalue weighted by atomic mass is 79.9. The van der Waals surface area contributed by atoms with Crippen LogP contribution in [0.15, 0.2) is 28.7 Å². The van der Waals surface area contributed by atoms with E-state index in [1.807, 2.05) is 24.3 Å². The lowest BCUT2D eigenvalue weighted by atomic mass is 10.0. The Bertz CT molecular complexity index is 530. The SMILES string of the molecule is CC(C)[C@@H](NC(=O)C1CC1c1cccc(Br)c1)C(=O)O. The Hall–Kier alpha value is -1.36. The van der Waals surface area contributed by atoms with Gasteiger partial charge < -0.3 is 10.4 Å². The summed E-state index contributed by atoms with van der Waals surface area (Å²) in [6, 6.07) is 7.09. The molecule has 1 aromatic rings. The van der Waals surface area contributed by atoms with Gasteiger partial charge in [0.15, 0.2) is 0 Å². The third-order valence-electron chi connectivity index (χ3n) is 3.63. The minimum absolute atomic E-state index is 0.107. The van der Waals surface area contributed by atoms with Gasteiger partial charge in [0.25, 0.3) is 0 Å². The molecule has 1 fully saturated rings. The number of carboxylic acids is 1. The maximum absolute atomic E-state index is 12.1. The Morgan fingerprint density at radius 3 is 2.65 bits per heavy atom. The first kappa shape index (κ1) is 15.0. The van der Waals surface area contributed by atoms with Crippen LogP contribution >= 0.6 is 15.9 Å². The fraction of sp³-hybridized carbons (Fsp3) is 0.467. The van der Waals surface area contributed by atoms with E-state index in [0.29, 0.717) is 0 Å². The molecule has 0 bridgehead atoms. The van der Waals surface area contributed by atoms with Crippen molar-refractivity contribution in [3.05, 3.63) is 34.3 Å². The van der Waals surface area contributed by atoms with Crippen LogP contribution in [0.3, 0.4) is 0 Å². The summed E-state index contributed by atoms with van der Waals surface area (Å²) in [6.45, 7) is 3.58. The van der Waals surface area contributed by atoms with E-state index < -0.39 is 12.0 Å². The molecule has 0 aromatic heterocycles. The Morgan fingerprint density at radius 2 is 2.10 bits per heavy atom. The average Bonchev–Trinajstić information content (AvgIpc) is 3.15. The molecule has 0 radical (unpaired) electrons. The minimum Gasteiger partial charge on any atom is -0.480 e. The first-order chi connectivity index (χ1) is 9.40. The zero-order valence-electron chi connectivity index (χ0n) is 11.5. The molecule has 0 aliphatic heterocycles. The molecule has 1 aromatic carbocycles. The summed E-state index contributed by atoms with van der Waals surface area (Å²) >= 11 is 3.42. The fourth-order valence-electron chi connectivity index (χ4n) is 2.36. The molecular formula is C15H18BrNO3. The molecule has 2 rings (SSSR count). The largest absolute Gasteiger partial charge is 0.480 e. The molecule has 0 spiro atoms. The number of carboxylic acid groups (broad SMARTS) is 1. The summed E-state index contributed by atoms with van der Waals surface area (Å²) in [5.41, 5.74) is 1.12. The van der Waals surface area contributed by atoms with E-state index in [9.17, 15) is 9.59 Å². The van der Waals surface area contributed by atoms with Crippen molar-refractivity contribution in [3.8, 4) is 0 Å². The highest BCUT2D eigenvalue weighted by Gasteiger charge is 2.45. The number of nitrogens with one attached hydrogen (secondary N) is 1. The fourth-order valence-corrected chi connectivity index (χ4v) is 2.78. The standard InChI is InChI=1S/C15H18BrNO3/c1-8(2)13(15(19)20)17-14(18)12-7-11(12)9-4-3-5-10(16)6-9/h3-6,8,11-13H,7H2,1-2H3,(H,17,18)(H,19,20)/t11?,12?,13-/m1/s1. The predicted octanol–water partition coefficient (Wildman–Crippen LogP) is 2.78. The van der Waals surface area contributed by atoms with Gasteiger partial charge in [0.1, 0.15) is 6.04 Å². The zero-order valence-corrected chi connectivity index (χ0v) is 13.1. The number of hydrogen-bond acceptors (Lipinski definition) is 2. The molecule has 4 nitrogen and oxygen atoms in total. The highest BCUT2D eigenvalue weighted by Crippen LogP contribution is 2.48. The number of hydrogen-bond donors (Lipinski definition) is 2. The Kier molecular flexibility index (Phi) is 4.48. The summed E-state index contributed by atoms with van der Waals surface area (Å²) < 4.78 is 0.992. The van der Waals surface area contributed by atoms with Crippen LogP contribution in [0, 0.1) is 11.8 Å². The van der Waals surface area contributed by atoms with E-state index in [4.69, 9.17) is 5.11 Å². The van der Waals surface area contributed by atoms with Gasteiger partial charge in [0.05, 0.1) is 0 Å². The van der Waals surface area contributed by atoms with Crippen molar-refractivity contribution in [3.63, 3.8) is 0 Å². The summed E-state index contributed by atoms with van der Waals surface area (Å²) in [4.78, 5) is 23.2. The molecule has 2 unspecified atom stereocenters. The van der Waals surface area contributed by atoms with Crippen molar-refractivity contribution in [2.45, 2.75) is 32.2 Å². The molecule has 20 heavy (non-hydrogen) atoms. The van der Waals surface area contributed by atoms with E-state index in [1.165, 1.54) is 0 Å². The van der Waals surface area contributed by atoms with Gasteiger partial charge in [-0.1, -0.05) is 41.9 Å². The van der Waals surface area contributed by atoms with Crippen LogP contribution in [-0.2, 0) is 9.59 Å². The second kappa shape index (κ2) is 5.95. The first-order valence-corrected chi connectivity index (χ1v) is 7.48. The molecule has 1 saturated carbocycles. The molecule has 0 saturated heterocycles. The van der Waals surface area contributed by atoms with E-state index >= 15 is 0 Å². The zero-order chi connectivity index (χ0) is 14.9. The lowest BCUT2D eigenvalue weighted by Crippen LogP contribution is -2.45. The van der Waals surface area contributed by atoms with Crippen LogP contribution in [0.25, 0.3) is 0 Å². The number of halogens is 1. The van der Waals surface area contributed by atoms with Gasteiger partial charge in [-0.25, -0.2) is 4.79 Å². The monoisotopic (exact) mass is 339 g/mol. The smallest absolute Gasteiger partial charge is 0.326 e. The third-order valence-corrected chi connectivity index (χ3v) is 4.13. The Morgan fingerprint density at radius 1 is 1.40 bits per heavy atom. The van der Waals surface area contributed by atoms with Gasteiger partial charge >= 0.3 is 5.97 Å². The number of amides is 1. The van der Waals surface area contributed by atoms with Crippen molar-refractivity contribution < 1.29 is 14.7 Å². The Labute approximate surface area is 126 Å². The summed E-state index contributed by atoms with van der Waals surface area (Å²) in [5, 5.41) is 11.7. The maximum Gasteiger partial charge on any atom is 0.326 e. The average molecular weight is 340 g/mol. The van der Waals surface area contributed by atoms with Gasteiger partial charge in [0.2, 0.25) is 5.91 Å². The van der Waals surface area contributed by atoms with Crippen molar-refractivity contribution in [1.29, 1.82) is 0 Å². The van der Waals surface area contributed by atoms with Crippen LogP contribution in [-0.4, -0.2) is 23.0 Å². The van der Waals surface area contributed by atoms with E-state index in [0.717, 1.165) is 16.5 Å². The van der Waals surface area contributed by atoms with Crippen LogP contribution in [0.4, 0.5) is 0 Å². The summed E-state index contributed by atoms with van der Waals surface area (Å²) in [5.74, 6) is -1.16. The van der Waals surface area contributed by atoms with Crippen LogP contribution in [0.2, 0.25) is 0 Å². The van der Waals surface area contributed by atoms with Gasteiger partial charge in [-0.3, -0.25) is 4.79 Å². The number of carbonyl (C=O) groups excluding carboxylic acids is 1. The second-order valence-corrected chi connectivity index (χ2v) is 6.49. The van der Waals surface area contributed by atoms with Gasteiger partial charge in [-0.05, 0) is 36.0 Å². The number of aliphatic carboxylic acids is 1. The quantitative estimate of drug-likeness (QED) is 0.866. The molecule has 5 heteroatoms. The number of benzene rings is 1. The minimum atomic E-state index is -0.979. The predicted molar refractivity (Wildman–Crippen MR) is 79.4 cm³/mol. The van der Waals surface area contributed by atoms with E-state index in [-0.39, 0.29) is 23.7 Å². The van der Waals surface area contributed by atoms with Gasteiger partial charge in [-0.2, -0.15) is 0 Å². The van der Waals surface area contributed by atoms with Crippen molar-refractivity contribution >= 4 is 27.8 Å². The normalized spacial score (nSPS) is 22.4. The molecule has 2 N–H and O–H groups in total. The van der Waals surface area contributed by atoms with Gasteiger partial charge in [0, 0.05) is 10.4 Å². The van der Waals surface area contributed by atoms with Gasteiger partial charge in [-0.15, -0.1) is 0 Å². The summed E-state index contributed by atoms with van der Waals surface area (Å²) in [7, 11) is 0. The Balaban J connectivity index is 1.98. The molecule has 1 amide bonds. The molecular weight excluding hydrogens is 322 g/mol. The molecule has 3 atom stereocenters. The number of rotatable bonds is 5. The van der Waals surface area contributed by atoms with Crippen LogP contribution in [0.1, 0.15) is 31.7 Å². The van der Waals surface area contributed by atoms with Crippen molar-refractivity contribution in [2.24, 2.45) is 11.8 Å². The van der Waals surface area contributed by atoms with Crippen LogP contribution in [0.5, 0.6) is 0 Å².